The third-order valence-corrected chi connectivity index (χ3v) is 4.45. The average Bonchev–Trinajstić information content (AvgIpc) is 3.10. The molecule has 0 radical (unpaired) electrons. The van der Waals surface area contributed by atoms with E-state index in [0.29, 0.717) is 18.4 Å². The van der Waals surface area contributed by atoms with Crippen molar-refractivity contribution in [1.82, 2.24) is 19.4 Å². The van der Waals surface area contributed by atoms with Gasteiger partial charge in [0.05, 0.1) is 0 Å². The molecule has 118 valence electrons. The lowest BCUT2D eigenvalue weighted by molar-refractivity contribution is -0.129. The number of amides is 1. The second-order valence-corrected chi connectivity index (χ2v) is 6.39. The van der Waals surface area contributed by atoms with Gasteiger partial charge in [-0.2, -0.15) is 0 Å². The van der Waals surface area contributed by atoms with Crippen LogP contribution in [0, 0.1) is 5.92 Å². The summed E-state index contributed by atoms with van der Waals surface area (Å²) in [6.45, 7) is 8.01. The van der Waals surface area contributed by atoms with E-state index < -0.39 is 0 Å². The summed E-state index contributed by atoms with van der Waals surface area (Å²) in [5.74, 6) is 1.87. The van der Waals surface area contributed by atoms with E-state index in [9.17, 15) is 4.79 Å². The molecular weight excluding hydrogens is 276 g/mol. The number of pyridine rings is 1. The minimum Gasteiger partial charge on any atom is -0.342 e. The quantitative estimate of drug-likeness (QED) is 0.872. The predicted molar refractivity (Wildman–Crippen MR) is 86.6 cm³/mol. The molecule has 0 spiro atoms. The average molecular weight is 300 g/mol. The van der Waals surface area contributed by atoms with Gasteiger partial charge in [-0.05, 0) is 38.3 Å². The Morgan fingerprint density at radius 3 is 3.00 bits per heavy atom. The summed E-state index contributed by atoms with van der Waals surface area (Å²) >= 11 is 0. The number of likely N-dealkylation sites (tertiary alicyclic amines) is 1. The molecule has 1 atom stereocenters. The number of carbonyl (C=O) groups excluding carboxylic acids is 1. The molecule has 22 heavy (non-hydrogen) atoms. The molecule has 0 unspecified atom stereocenters. The summed E-state index contributed by atoms with van der Waals surface area (Å²) in [4.78, 5) is 23.1. The molecule has 0 saturated carbocycles. The monoisotopic (exact) mass is 300 g/mol. The Labute approximate surface area is 131 Å². The zero-order valence-corrected chi connectivity index (χ0v) is 13.6. The van der Waals surface area contributed by atoms with Crippen molar-refractivity contribution in [2.24, 2.45) is 5.92 Å². The molecule has 1 aliphatic heterocycles. The number of fused-ring (bicyclic) bond motifs is 1. The molecule has 0 aromatic carbocycles. The highest BCUT2D eigenvalue weighted by Crippen LogP contribution is 2.25. The van der Waals surface area contributed by atoms with Crippen LogP contribution in [0.2, 0.25) is 0 Å². The van der Waals surface area contributed by atoms with E-state index in [0.717, 1.165) is 42.9 Å². The molecule has 1 aliphatic rings. The van der Waals surface area contributed by atoms with Crippen molar-refractivity contribution in [2.45, 2.75) is 46.1 Å². The van der Waals surface area contributed by atoms with Crippen molar-refractivity contribution in [3.05, 3.63) is 24.2 Å². The van der Waals surface area contributed by atoms with Crippen LogP contribution in [0.4, 0.5) is 0 Å². The minimum absolute atomic E-state index is 0.265. The summed E-state index contributed by atoms with van der Waals surface area (Å²) in [5, 5.41) is 0. The van der Waals surface area contributed by atoms with Crippen LogP contribution in [-0.2, 0) is 11.2 Å². The van der Waals surface area contributed by atoms with Gasteiger partial charge in [0.1, 0.15) is 11.3 Å². The smallest absolute Gasteiger partial charge is 0.222 e. The number of hydrogen-bond donors (Lipinski definition) is 0. The van der Waals surface area contributed by atoms with Crippen LogP contribution in [0.3, 0.4) is 0 Å². The fraction of sp³-hybridized carbons (Fsp3) is 0.588. The molecule has 0 bridgehead atoms. The minimum atomic E-state index is 0.265. The first kappa shape index (κ1) is 15.0. The number of rotatable bonds is 4. The molecule has 3 heterocycles. The van der Waals surface area contributed by atoms with Crippen molar-refractivity contribution >= 4 is 17.1 Å². The number of imidazole rings is 1. The van der Waals surface area contributed by atoms with Gasteiger partial charge in [-0.15, -0.1) is 0 Å². The maximum absolute atomic E-state index is 11.8. The maximum Gasteiger partial charge on any atom is 0.222 e. The second kappa shape index (κ2) is 6.07. The molecule has 1 amide bonds. The number of carbonyl (C=O) groups is 1. The second-order valence-electron chi connectivity index (χ2n) is 6.39. The number of hydrogen-bond acceptors (Lipinski definition) is 3. The number of aromatic nitrogens is 3. The fourth-order valence-corrected chi connectivity index (χ4v) is 3.37. The molecule has 5 heteroatoms. The third-order valence-electron chi connectivity index (χ3n) is 4.45. The zero-order chi connectivity index (χ0) is 15.7. The molecule has 0 aliphatic carbocycles. The van der Waals surface area contributed by atoms with Gasteiger partial charge in [0, 0.05) is 38.2 Å². The Morgan fingerprint density at radius 2 is 2.27 bits per heavy atom. The molecule has 2 aromatic rings. The van der Waals surface area contributed by atoms with Gasteiger partial charge in [-0.1, -0.05) is 6.92 Å². The van der Waals surface area contributed by atoms with Crippen molar-refractivity contribution < 1.29 is 4.79 Å². The van der Waals surface area contributed by atoms with E-state index in [2.05, 4.69) is 23.4 Å². The SMILES string of the molecule is CCC(=O)N1CC[C@H](Cc2nc3cccnc3n2C(C)C)C1. The normalized spacial score (nSPS) is 18.5. The van der Waals surface area contributed by atoms with Gasteiger partial charge in [-0.25, -0.2) is 9.97 Å². The van der Waals surface area contributed by atoms with Gasteiger partial charge >= 0.3 is 0 Å². The molecule has 3 rings (SSSR count). The van der Waals surface area contributed by atoms with Crippen molar-refractivity contribution in [2.75, 3.05) is 13.1 Å². The van der Waals surface area contributed by atoms with Crippen molar-refractivity contribution in [1.29, 1.82) is 0 Å². The highest BCUT2D eigenvalue weighted by Gasteiger charge is 2.27. The first-order chi connectivity index (χ1) is 10.6. The van der Waals surface area contributed by atoms with Gasteiger partial charge < -0.3 is 9.47 Å². The van der Waals surface area contributed by atoms with Gasteiger partial charge in [-0.3, -0.25) is 4.79 Å². The first-order valence-corrected chi connectivity index (χ1v) is 8.19. The molecule has 1 fully saturated rings. The van der Waals surface area contributed by atoms with Crippen LogP contribution < -0.4 is 0 Å². The first-order valence-electron chi connectivity index (χ1n) is 8.19. The Balaban J connectivity index is 1.82. The van der Waals surface area contributed by atoms with Crippen LogP contribution in [0.15, 0.2) is 18.3 Å². The molecule has 2 aromatic heterocycles. The molecule has 1 saturated heterocycles. The lowest BCUT2D eigenvalue weighted by Crippen LogP contribution is -2.28. The lowest BCUT2D eigenvalue weighted by atomic mass is 10.0. The summed E-state index contributed by atoms with van der Waals surface area (Å²) in [5.41, 5.74) is 1.93. The summed E-state index contributed by atoms with van der Waals surface area (Å²) < 4.78 is 2.24. The predicted octanol–water partition coefficient (Wildman–Crippen LogP) is 2.81. The fourth-order valence-electron chi connectivity index (χ4n) is 3.37. The van der Waals surface area contributed by atoms with Crippen molar-refractivity contribution in [3.8, 4) is 0 Å². The largest absolute Gasteiger partial charge is 0.342 e. The summed E-state index contributed by atoms with van der Waals surface area (Å²) in [7, 11) is 0. The van der Waals surface area contributed by atoms with E-state index in [1.165, 1.54) is 0 Å². The highest BCUT2D eigenvalue weighted by atomic mass is 16.2. The third kappa shape index (κ3) is 2.72. The van der Waals surface area contributed by atoms with Gasteiger partial charge in [0.2, 0.25) is 5.91 Å². The van der Waals surface area contributed by atoms with Gasteiger partial charge in [0.25, 0.3) is 0 Å². The van der Waals surface area contributed by atoms with E-state index in [1.807, 2.05) is 30.2 Å². The zero-order valence-electron chi connectivity index (χ0n) is 13.6. The molecule has 0 N–H and O–H groups in total. The topological polar surface area (TPSA) is 51.0 Å². The van der Waals surface area contributed by atoms with E-state index >= 15 is 0 Å². The Bertz CT molecular complexity index is 676. The highest BCUT2D eigenvalue weighted by molar-refractivity contribution is 5.76. The summed E-state index contributed by atoms with van der Waals surface area (Å²) in [6.07, 6.45) is 4.41. The Hall–Kier alpha value is -1.91. The van der Waals surface area contributed by atoms with E-state index in [-0.39, 0.29) is 5.91 Å². The summed E-state index contributed by atoms with van der Waals surface area (Å²) in [6, 6.07) is 4.29. The molecular formula is C17H24N4O. The standard InChI is InChI=1S/C17H24N4O/c1-4-16(22)20-9-7-13(11-20)10-15-19-14-6-5-8-18-17(14)21(15)12(2)3/h5-6,8,12-13H,4,7,9-11H2,1-3H3/t13-/m1/s1. The maximum atomic E-state index is 11.8. The van der Waals surface area contributed by atoms with Crippen LogP contribution >= 0.6 is 0 Å². The van der Waals surface area contributed by atoms with Gasteiger partial charge in [0.15, 0.2) is 5.65 Å². The Morgan fingerprint density at radius 1 is 1.45 bits per heavy atom. The number of nitrogens with zero attached hydrogens (tertiary/aromatic N) is 4. The lowest BCUT2D eigenvalue weighted by Gasteiger charge is -2.17. The Kier molecular flexibility index (Phi) is 4.14. The van der Waals surface area contributed by atoms with Crippen LogP contribution in [0.5, 0.6) is 0 Å². The van der Waals surface area contributed by atoms with Crippen LogP contribution in [-0.4, -0.2) is 38.4 Å². The van der Waals surface area contributed by atoms with Crippen LogP contribution in [0.1, 0.15) is 45.5 Å². The molecule has 5 nitrogen and oxygen atoms in total. The van der Waals surface area contributed by atoms with Crippen molar-refractivity contribution in [3.63, 3.8) is 0 Å². The van der Waals surface area contributed by atoms with Crippen LogP contribution in [0.25, 0.3) is 11.2 Å². The van der Waals surface area contributed by atoms with E-state index in [4.69, 9.17) is 4.98 Å². The van der Waals surface area contributed by atoms with E-state index in [1.54, 1.807) is 0 Å².